The fourth-order valence-electron chi connectivity index (χ4n) is 1.84. The van der Waals surface area contributed by atoms with Gasteiger partial charge in [-0.25, -0.2) is 0 Å². The summed E-state index contributed by atoms with van der Waals surface area (Å²) in [5, 5.41) is 0. The maximum atomic E-state index is 6.00. The van der Waals surface area contributed by atoms with E-state index in [1.54, 1.807) is 0 Å². The predicted molar refractivity (Wildman–Crippen MR) is 72.0 cm³/mol. The van der Waals surface area contributed by atoms with Gasteiger partial charge in [-0.05, 0) is 42.2 Å². The molecule has 2 N–H and O–H groups in total. The first-order valence-electron chi connectivity index (χ1n) is 5.98. The molecule has 0 spiro atoms. The number of aryl methyl sites for hydroxylation is 2. The van der Waals surface area contributed by atoms with Crippen molar-refractivity contribution in [3.8, 4) is 0 Å². The number of nitrogen functional groups attached to an aromatic ring is 1. The third kappa shape index (κ3) is 2.84. The van der Waals surface area contributed by atoms with Crippen molar-refractivity contribution in [2.75, 3.05) is 5.73 Å². The standard InChI is InChI=1S/C15H18N2/c1-3-12-5-7-14(17-10-12)9-13-6-4-11(2)8-15(13)16/h4-8,10H,3,9,16H2,1-2H3. The number of rotatable bonds is 3. The second kappa shape index (κ2) is 5.00. The van der Waals surface area contributed by atoms with Gasteiger partial charge < -0.3 is 5.73 Å². The summed E-state index contributed by atoms with van der Waals surface area (Å²) in [6, 6.07) is 10.4. The first kappa shape index (κ1) is 11.6. The highest BCUT2D eigenvalue weighted by molar-refractivity contribution is 5.50. The molecule has 88 valence electrons. The van der Waals surface area contributed by atoms with Crippen LogP contribution in [0.25, 0.3) is 0 Å². The number of hydrogen-bond donors (Lipinski definition) is 1. The van der Waals surface area contributed by atoms with Gasteiger partial charge >= 0.3 is 0 Å². The van der Waals surface area contributed by atoms with E-state index in [2.05, 4.69) is 43.1 Å². The average Bonchev–Trinajstić information content (AvgIpc) is 2.34. The van der Waals surface area contributed by atoms with Crippen molar-refractivity contribution in [1.82, 2.24) is 4.98 Å². The number of nitrogens with zero attached hydrogens (tertiary/aromatic N) is 1. The normalized spacial score (nSPS) is 10.5. The Morgan fingerprint density at radius 1 is 1.18 bits per heavy atom. The molecule has 0 bridgehead atoms. The summed E-state index contributed by atoms with van der Waals surface area (Å²) in [4.78, 5) is 4.45. The van der Waals surface area contributed by atoms with Crippen LogP contribution in [-0.2, 0) is 12.8 Å². The minimum Gasteiger partial charge on any atom is -0.398 e. The van der Waals surface area contributed by atoms with Gasteiger partial charge in [0.1, 0.15) is 0 Å². The molecule has 2 nitrogen and oxygen atoms in total. The van der Waals surface area contributed by atoms with Crippen molar-refractivity contribution in [1.29, 1.82) is 0 Å². The maximum Gasteiger partial charge on any atom is 0.0448 e. The molecule has 0 radical (unpaired) electrons. The van der Waals surface area contributed by atoms with Gasteiger partial charge in [-0.2, -0.15) is 0 Å². The van der Waals surface area contributed by atoms with Crippen molar-refractivity contribution in [3.63, 3.8) is 0 Å². The summed E-state index contributed by atoms with van der Waals surface area (Å²) >= 11 is 0. The Balaban J connectivity index is 2.19. The Bertz CT molecular complexity index is 501. The van der Waals surface area contributed by atoms with E-state index in [1.165, 1.54) is 11.1 Å². The van der Waals surface area contributed by atoms with E-state index in [9.17, 15) is 0 Å². The van der Waals surface area contributed by atoms with Gasteiger partial charge in [0.25, 0.3) is 0 Å². The van der Waals surface area contributed by atoms with Gasteiger partial charge in [-0.3, -0.25) is 4.98 Å². The van der Waals surface area contributed by atoms with Crippen LogP contribution in [0.15, 0.2) is 36.5 Å². The lowest BCUT2D eigenvalue weighted by molar-refractivity contribution is 1.03. The van der Waals surface area contributed by atoms with E-state index >= 15 is 0 Å². The van der Waals surface area contributed by atoms with Crippen LogP contribution in [0.3, 0.4) is 0 Å². The largest absolute Gasteiger partial charge is 0.398 e. The Labute approximate surface area is 103 Å². The Morgan fingerprint density at radius 2 is 2.00 bits per heavy atom. The van der Waals surface area contributed by atoms with E-state index in [4.69, 9.17) is 5.73 Å². The van der Waals surface area contributed by atoms with E-state index < -0.39 is 0 Å². The van der Waals surface area contributed by atoms with Gasteiger partial charge in [0.05, 0.1) is 0 Å². The van der Waals surface area contributed by atoms with E-state index in [0.717, 1.165) is 29.8 Å². The molecule has 2 rings (SSSR count). The summed E-state index contributed by atoms with van der Waals surface area (Å²) < 4.78 is 0. The molecule has 0 aliphatic heterocycles. The van der Waals surface area contributed by atoms with Gasteiger partial charge in [0.2, 0.25) is 0 Å². The van der Waals surface area contributed by atoms with Crippen molar-refractivity contribution in [2.45, 2.75) is 26.7 Å². The quantitative estimate of drug-likeness (QED) is 0.817. The molecule has 2 heteroatoms. The van der Waals surface area contributed by atoms with E-state index in [0.29, 0.717) is 0 Å². The predicted octanol–water partition coefficient (Wildman–Crippen LogP) is 3.13. The zero-order chi connectivity index (χ0) is 12.3. The van der Waals surface area contributed by atoms with Crippen LogP contribution in [0.5, 0.6) is 0 Å². The highest BCUT2D eigenvalue weighted by Crippen LogP contribution is 2.17. The summed E-state index contributed by atoms with van der Waals surface area (Å²) in [6.45, 7) is 4.18. The van der Waals surface area contributed by atoms with Crippen LogP contribution in [0, 0.1) is 6.92 Å². The summed E-state index contributed by atoms with van der Waals surface area (Å²) in [7, 11) is 0. The van der Waals surface area contributed by atoms with Crippen LogP contribution >= 0.6 is 0 Å². The monoisotopic (exact) mass is 226 g/mol. The van der Waals surface area contributed by atoms with Crippen LogP contribution < -0.4 is 5.73 Å². The lowest BCUT2D eigenvalue weighted by Crippen LogP contribution is -1.98. The zero-order valence-corrected chi connectivity index (χ0v) is 10.4. The van der Waals surface area contributed by atoms with Crippen molar-refractivity contribution in [2.24, 2.45) is 0 Å². The van der Waals surface area contributed by atoms with Crippen LogP contribution in [0.2, 0.25) is 0 Å². The molecule has 0 fully saturated rings. The molecular weight excluding hydrogens is 208 g/mol. The van der Waals surface area contributed by atoms with Crippen molar-refractivity contribution in [3.05, 3.63) is 58.9 Å². The number of aromatic nitrogens is 1. The van der Waals surface area contributed by atoms with Gasteiger partial charge in [0, 0.05) is 24.0 Å². The second-order valence-corrected chi connectivity index (χ2v) is 4.39. The van der Waals surface area contributed by atoms with Gasteiger partial charge in [-0.15, -0.1) is 0 Å². The fourth-order valence-corrected chi connectivity index (χ4v) is 1.84. The average molecular weight is 226 g/mol. The van der Waals surface area contributed by atoms with Crippen LogP contribution in [0.1, 0.15) is 29.3 Å². The molecule has 2 aromatic rings. The molecule has 0 unspecified atom stereocenters. The zero-order valence-electron chi connectivity index (χ0n) is 10.4. The summed E-state index contributed by atoms with van der Waals surface area (Å²) in [5.74, 6) is 0. The second-order valence-electron chi connectivity index (χ2n) is 4.39. The molecular formula is C15H18N2. The number of nitrogens with two attached hydrogens (primary N) is 1. The first-order valence-corrected chi connectivity index (χ1v) is 5.98. The molecule has 0 aliphatic carbocycles. The lowest BCUT2D eigenvalue weighted by atomic mass is 10.0. The summed E-state index contributed by atoms with van der Waals surface area (Å²) in [6.07, 6.45) is 3.77. The molecule has 0 aliphatic rings. The van der Waals surface area contributed by atoms with Crippen molar-refractivity contribution >= 4 is 5.69 Å². The molecule has 0 saturated heterocycles. The highest BCUT2D eigenvalue weighted by Gasteiger charge is 2.02. The highest BCUT2D eigenvalue weighted by atomic mass is 14.7. The number of hydrogen-bond acceptors (Lipinski definition) is 2. The van der Waals surface area contributed by atoms with E-state index in [-0.39, 0.29) is 0 Å². The lowest BCUT2D eigenvalue weighted by Gasteiger charge is -2.06. The Hall–Kier alpha value is -1.83. The Morgan fingerprint density at radius 3 is 2.59 bits per heavy atom. The topological polar surface area (TPSA) is 38.9 Å². The van der Waals surface area contributed by atoms with Gasteiger partial charge in [-0.1, -0.05) is 25.1 Å². The molecule has 1 aromatic heterocycles. The molecule has 0 atom stereocenters. The molecule has 1 heterocycles. The smallest absolute Gasteiger partial charge is 0.0448 e. The summed E-state index contributed by atoms with van der Waals surface area (Å²) in [5.41, 5.74) is 11.5. The van der Waals surface area contributed by atoms with Crippen LogP contribution in [-0.4, -0.2) is 4.98 Å². The first-order chi connectivity index (χ1) is 8.19. The minimum atomic E-state index is 0.802. The molecule has 17 heavy (non-hydrogen) atoms. The SMILES string of the molecule is CCc1ccc(Cc2ccc(C)cc2N)nc1. The fraction of sp³-hybridized carbons (Fsp3) is 0.267. The molecule has 1 aromatic carbocycles. The maximum absolute atomic E-state index is 6.00. The Kier molecular flexibility index (Phi) is 3.43. The molecule has 0 saturated carbocycles. The van der Waals surface area contributed by atoms with Gasteiger partial charge in [0.15, 0.2) is 0 Å². The molecule has 0 amide bonds. The third-order valence-electron chi connectivity index (χ3n) is 2.97. The van der Waals surface area contributed by atoms with E-state index in [1.807, 2.05) is 12.3 Å². The van der Waals surface area contributed by atoms with Crippen LogP contribution in [0.4, 0.5) is 5.69 Å². The minimum absolute atomic E-state index is 0.802. The third-order valence-corrected chi connectivity index (χ3v) is 2.97. The van der Waals surface area contributed by atoms with Crippen molar-refractivity contribution < 1.29 is 0 Å². The number of anilines is 1. The number of pyridine rings is 1. The number of benzene rings is 1.